The molecule has 2 N–H and O–H groups in total. The summed E-state index contributed by atoms with van der Waals surface area (Å²) in [6.07, 6.45) is 1.95. The van der Waals surface area contributed by atoms with Crippen molar-refractivity contribution in [1.29, 1.82) is 0 Å². The zero-order valence-electron chi connectivity index (χ0n) is 14.0. The van der Waals surface area contributed by atoms with Crippen molar-refractivity contribution in [2.45, 2.75) is 32.2 Å². The number of rotatable bonds is 6. The summed E-state index contributed by atoms with van der Waals surface area (Å²) in [7, 11) is 0. The molecule has 3 rings (SSSR count). The van der Waals surface area contributed by atoms with Crippen LogP contribution in [0.1, 0.15) is 25.3 Å². The van der Waals surface area contributed by atoms with Crippen LogP contribution in [0.25, 0.3) is 11.0 Å². The van der Waals surface area contributed by atoms with Gasteiger partial charge in [-0.25, -0.2) is 4.79 Å². The molecule has 132 valence electrons. The van der Waals surface area contributed by atoms with Gasteiger partial charge in [0.15, 0.2) is 6.61 Å². The fraction of sp³-hybridized carbons (Fsp3) is 0.389. The Labute approximate surface area is 144 Å². The van der Waals surface area contributed by atoms with Gasteiger partial charge in [0.05, 0.1) is 0 Å². The second-order valence-corrected chi connectivity index (χ2v) is 6.00. The lowest BCUT2D eigenvalue weighted by Gasteiger charge is -2.12. The summed E-state index contributed by atoms with van der Waals surface area (Å²) in [4.78, 5) is 34.5. The van der Waals surface area contributed by atoms with Crippen LogP contribution in [-0.2, 0) is 16.0 Å². The summed E-state index contributed by atoms with van der Waals surface area (Å²) in [5, 5.41) is 6.37. The first-order chi connectivity index (χ1) is 12.0. The van der Waals surface area contributed by atoms with E-state index in [0.29, 0.717) is 24.3 Å². The molecule has 1 saturated heterocycles. The number of hydrogen-bond donors (Lipinski definition) is 2. The summed E-state index contributed by atoms with van der Waals surface area (Å²) < 4.78 is 10.7. The Morgan fingerprint density at radius 1 is 1.36 bits per heavy atom. The molecule has 1 atom stereocenters. The Balaban J connectivity index is 1.58. The fourth-order valence-corrected chi connectivity index (χ4v) is 2.86. The van der Waals surface area contributed by atoms with Crippen molar-refractivity contribution < 1.29 is 18.7 Å². The van der Waals surface area contributed by atoms with Crippen LogP contribution < -0.4 is 21.0 Å². The van der Waals surface area contributed by atoms with Crippen molar-refractivity contribution in [3.05, 3.63) is 40.2 Å². The Morgan fingerprint density at radius 2 is 2.20 bits per heavy atom. The van der Waals surface area contributed by atoms with Gasteiger partial charge in [-0.2, -0.15) is 0 Å². The number of aryl methyl sites for hydroxylation is 1. The van der Waals surface area contributed by atoms with Crippen molar-refractivity contribution in [1.82, 2.24) is 10.6 Å². The molecule has 0 spiro atoms. The first-order valence-corrected chi connectivity index (χ1v) is 8.31. The molecule has 7 heteroatoms. The van der Waals surface area contributed by atoms with Crippen molar-refractivity contribution in [2.75, 3.05) is 13.2 Å². The third kappa shape index (κ3) is 4.17. The Kier molecular flexibility index (Phi) is 5.02. The molecule has 2 amide bonds. The first-order valence-electron chi connectivity index (χ1n) is 8.31. The second-order valence-electron chi connectivity index (χ2n) is 6.00. The molecular formula is C18H20N2O5. The van der Waals surface area contributed by atoms with Gasteiger partial charge in [-0.3, -0.25) is 9.59 Å². The first kappa shape index (κ1) is 17.0. The summed E-state index contributed by atoms with van der Waals surface area (Å²) in [5.41, 5.74) is 0.947. The molecule has 1 unspecified atom stereocenters. The summed E-state index contributed by atoms with van der Waals surface area (Å²) in [5.74, 6) is 0.192. The lowest BCUT2D eigenvalue weighted by Crippen LogP contribution is -2.40. The van der Waals surface area contributed by atoms with Gasteiger partial charge in [0.1, 0.15) is 11.3 Å². The van der Waals surface area contributed by atoms with E-state index in [-0.39, 0.29) is 24.5 Å². The van der Waals surface area contributed by atoms with Gasteiger partial charge in [-0.15, -0.1) is 0 Å². The molecule has 2 heterocycles. The molecule has 0 bridgehead atoms. The monoisotopic (exact) mass is 344 g/mol. The fourth-order valence-electron chi connectivity index (χ4n) is 2.86. The molecule has 1 aliphatic heterocycles. The quantitative estimate of drug-likeness (QED) is 0.766. The smallest absolute Gasteiger partial charge is 0.336 e. The molecule has 1 aliphatic rings. The number of hydrogen-bond acceptors (Lipinski definition) is 5. The highest BCUT2D eigenvalue weighted by atomic mass is 16.5. The highest BCUT2D eigenvalue weighted by Gasteiger charge is 2.20. The maximum absolute atomic E-state index is 11.9. The minimum Gasteiger partial charge on any atom is -0.484 e. The normalized spacial score (nSPS) is 16.7. The van der Waals surface area contributed by atoms with E-state index in [9.17, 15) is 14.4 Å². The number of nitrogens with one attached hydrogen (secondary N) is 2. The topological polar surface area (TPSA) is 97.6 Å². The summed E-state index contributed by atoms with van der Waals surface area (Å²) >= 11 is 0. The standard InChI is InChI=1S/C18H20N2O5/c1-2-11-7-18(23)25-15-8-13(4-5-14(11)15)24-10-17(22)19-9-12-3-6-16(21)20-12/h4-5,7-8,12H,2-3,6,9-10H2,1H3,(H,19,22)(H,20,21). The average Bonchev–Trinajstić information content (AvgIpc) is 3.02. The van der Waals surface area contributed by atoms with Crippen molar-refractivity contribution >= 4 is 22.8 Å². The second kappa shape index (κ2) is 7.38. The molecule has 1 aromatic heterocycles. The largest absolute Gasteiger partial charge is 0.484 e. The third-order valence-electron chi connectivity index (χ3n) is 4.18. The van der Waals surface area contributed by atoms with Crippen molar-refractivity contribution in [3.8, 4) is 5.75 Å². The number of carbonyl (C=O) groups is 2. The zero-order valence-corrected chi connectivity index (χ0v) is 14.0. The SMILES string of the molecule is CCc1cc(=O)oc2cc(OCC(=O)NCC3CCC(=O)N3)ccc12. The van der Waals surface area contributed by atoms with Crippen LogP contribution in [0.4, 0.5) is 0 Å². The maximum Gasteiger partial charge on any atom is 0.336 e. The van der Waals surface area contributed by atoms with Crippen LogP contribution in [-0.4, -0.2) is 31.0 Å². The predicted octanol–water partition coefficient (Wildman–Crippen LogP) is 1.13. The van der Waals surface area contributed by atoms with E-state index in [1.165, 1.54) is 6.07 Å². The number of amides is 2. The summed E-state index contributed by atoms with van der Waals surface area (Å²) in [6.45, 7) is 2.21. The van der Waals surface area contributed by atoms with Crippen molar-refractivity contribution in [3.63, 3.8) is 0 Å². The maximum atomic E-state index is 11.9. The van der Waals surface area contributed by atoms with Gasteiger partial charge in [-0.1, -0.05) is 6.92 Å². The third-order valence-corrected chi connectivity index (χ3v) is 4.18. The Morgan fingerprint density at radius 3 is 2.92 bits per heavy atom. The van der Waals surface area contributed by atoms with Gasteiger partial charge in [0.25, 0.3) is 5.91 Å². The summed E-state index contributed by atoms with van der Waals surface area (Å²) in [6, 6.07) is 6.64. The molecule has 1 aromatic carbocycles. The molecule has 2 aromatic rings. The average molecular weight is 344 g/mol. The minimum absolute atomic E-state index is 0.0135. The van der Waals surface area contributed by atoms with E-state index < -0.39 is 5.63 Å². The van der Waals surface area contributed by atoms with Crippen LogP contribution in [0.3, 0.4) is 0 Å². The molecule has 0 radical (unpaired) electrons. The molecule has 7 nitrogen and oxygen atoms in total. The van der Waals surface area contributed by atoms with Crippen LogP contribution >= 0.6 is 0 Å². The van der Waals surface area contributed by atoms with Gasteiger partial charge in [0.2, 0.25) is 5.91 Å². The van der Waals surface area contributed by atoms with Gasteiger partial charge in [0, 0.05) is 36.5 Å². The van der Waals surface area contributed by atoms with Gasteiger partial charge < -0.3 is 19.8 Å². The lowest BCUT2D eigenvalue weighted by atomic mass is 10.1. The van der Waals surface area contributed by atoms with Crippen molar-refractivity contribution in [2.24, 2.45) is 0 Å². The predicted molar refractivity (Wildman–Crippen MR) is 91.5 cm³/mol. The molecular weight excluding hydrogens is 324 g/mol. The highest BCUT2D eigenvalue weighted by molar-refractivity contribution is 5.82. The van der Waals surface area contributed by atoms with Crippen LogP contribution in [0.5, 0.6) is 5.75 Å². The number of fused-ring (bicyclic) bond motifs is 1. The van der Waals surface area contributed by atoms with Crippen LogP contribution in [0.15, 0.2) is 33.5 Å². The van der Waals surface area contributed by atoms with Crippen LogP contribution in [0, 0.1) is 0 Å². The van der Waals surface area contributed by atoms with E-state index in [2.05, 4.69) is 10.6 Å². The van der Waals surface area contributed by atoms with E-state index in [1.807, 2.05) is 13.0 Å². The van der Waals surface area contributed by atoms with E-state index in [4.69, 9.17) is 9.15 Å². The van der Waals surface area contributed by atoms with Gasteiger partial charge >= 0.3 is 5.63 Å². The Hall–Kier alpha value is -2.83. The molecule has 0 aliphatic carbocycles. The van der Waals surface area contributed by atoms with E-state index >= 15 is 0 Å². The van der Waals surface area contributed by atoms with E-state index in [0.717, 1.165) is 23.8 Å². The number of carbonyl (C=O) groups excluding carboxylic acids is 2. The minimum atomic E-state index is -0.405. The molecule has 0 saturated carbocycles. The van der Waals surface area contributed by atoms with Crippen LogP contribution in [0.2, 0.25) is 0 Å². The zero-order chi connectivity index (χ0) is 17.8. The Bertz CT molecular complexity index is 858. The number of ether oxygens (including phenoxy) is 1. The highest BCUT2D eigenvalue weighted by Crippen LogP contribution is 2.23. The lowest BCUT2D eigenvalue weighted by molar-refractivity contribution is -0.123. The number of benzene rings is 1. The molecule has 25 heavy (non-hydrogen) atoms. The van der Waals surface area contributed by atoms with Gasteiger partial charge in [-0.05, 0) is 30.5 Å². The molecule has 1 fully saturated rings. The van der Waals surface area contributed by atoms with E-state index in [1.54, 1.807) is 12.1 Å².